The molecule has 3 aliphatic heterocycles. The summed E-state index contributed by atoms with van der Waals surface area (Å²) in [5.74, 6) is -1.27. The Balaban J connectivity index is 1.23. The summed E-state index contributed by atoms with van der Waals surface area (Å²) in [6, 6.07) is 8.85. The normalized spacial score (nSPS) is 23.9. The molecule has 2 N–H and O–H groups in total. The molecule has 0 aliphatic carbocycles. The maximum absolute atomic E-state index is 13.4. The van der Waals surface area contributed by atoms with Crippen molar-refractivity contribution in [1.82, 2.24) is 24.9 Å². The van der Waals surface area contributed by atoms with E-state index >= 15 is 0 Å². The lowest BCUT2D eigenvalue weighted by atomic mass is 9.78. The Hall–Kier alpha value is -3.07. The Kier molecular flexibility index (Phi) is 6.20. The first kappa shape index (κ1) is 22.7. The fourth-order valence-electron chi connectivity index (χ4n) is 5.48. The summed E-state index contributed by atoms with van der Waals surface area (Å²) in [5, 5.41) is 17.6. The monoisotopic (exact) mass is 485 g/mol. The number of nitrogens with one attached hydrogen (secondary N) is 1. The van der Waals surface area contributed by atoms with Crippen LogP contribution in [0.15, 0.2) is 30.3 Å². The number of halogens is 1. The van der Waals surface area contributed by atoms with Crippen molar-refractivity contribution < 1.29 is 19.5 Å². The smallest absolute Gasteiger partial charge is 0.318 e. The Labute approximate surface area is 202 Å². The third-order valence-corrected chi connectivity index (χ3v) is 7.47. The van der Waals surface area contributed by atoms with E-state index in [-0.39, 0.29) is 29.9 Å². The molecule has 5 rings (SSSR count). The minimum atomic E-state index is -0.768. The number of benzene rings is 1. The predicted octanol–water partition coefficient (Wildman–Crippen LogP) is 3.12. The molecule has 3 amide bonds. The molecule has 1 aromatic heterocycles. The second kappa shape index (κ2) is 9.29. The average Bonchev–Trinajstić information content (AvgIpc) is 3.25. The zero-order chi connectivity index (χ0) is 23.8. The Bertz CT molecular complexity index is 1090. The van der Waals surface area contributed by atoms with Crippen LogP contribution in [0.25, 0.3) is 0 Å². The van der Waals surface area contributed by atoms with Gasteiger partial charge in [-0.1, -0.05) is 23.7 Å². The van der Waals surface area contributed by atoms with Gasteiger partial charge in [0, 0.05) is 30.2 Å². The van der Waals surface area contributed by atoms with E-state index in [0.717, 1.165) is 30.5 Å². The molecule has 2 aromatic rings. The Morgan fingerprint density at radius 2 is 1.79 bits per heavy atom. The number of carboxylic acids is 1. The molecule has 9 nitrogen and oxygen atoms in total. The van der Waals surface area contributed by atoms with Crippen LogP contribution in [0.1, 0.15) is 53.8 Å². The van der Waals surface area contributed by atoms with Crippen LogP contribution in [0.5, 0.6) is 0 Å². The lowest BCUT2D eigenvalue weighted by Gasteiger charge is -2.47. The third kappa shape index (κ3) is 4.49. The number of carboxylic acid groups (broad SMARTS) is 1. The van der Waals surface area contributed by atoms with E-state index in [2.05, 4.69) is 10.4 Å². The highest BCUT2D eigenvalue weighted by Gasteiger charge is 2.44. The third-order valence-electron chi connectivity index (χ3n) is 7.22. The maximum Gasteiger partial charge on any atom is 0.318 e. The molecule has 10 heteroatoms. The van der Waals surface area contributed by atoms with E-state index in [0.29, 0.717) is 49.7 Å². The van der Waals surface area contributed by atoms with Crippen LogP contribution in [-0.4, -0.2) is 61.2 Å². The summed E-state index contributed by atoms with van der Waals surface area (Å²) in [6.07, 6.45) is 3.70. The van der Waals surface area contributed by atoms with Gasteiger partial charge in [0.2, 0.25) is 0 Å². The number of fused-ring (bicyclic) bond motifs is 3. The number of amides is 3. The molecule has 1 aromatic carbocycles. The number of carbonyl (C=O) groups is 3. The highest BCUT2D eigenvalue weighted by molar-refractivity contribution is 6.30. The van der Waals surface area contributed by atoms with Crippen molar-refractivity contribution in [3.8, 4) is 0 Å². The van der Waals surface area contributed by atoms with Crippen molar-refractivity contribution in [2.45, 2.75) is 63.8 Å². The van der Waals surface area contributed by atoms with Crippen LogP contribution >= 0.6 is 11.6 Å². The van der Waals surface area contributed by atoms with Gasteiger partial charge in [-0.2, -0.15) is 5.10 Å². The summed E-state index contributed by atoms with van der Waals surface area (Å²) in [4.78, 5) is 41.2. The summed E-state index contributed by atoms with van der Waals surface area (Å²) in [5.41, 5.74) is 2.16. The molecule has 0 spiro atoms. The lowest BCUT2D eigenvalue weighted by molar-refractivity contribution is -0.145. The number of piperidine rings is 2. The first-order valence-corrected chi connectivity index (χ1v) is 12.2. The molecule has 3 aliphatic rings. The minimum absolute atomic E-state index is 0.0463. The van der Waals surface area contributed by atoms with Crippen LogP contribution in [0.2, 0.25) is 5.02 Å². The summed E-state index contributed by atoms with van der Waals surface area (Å²) < 4.78 is 1.80. The Morgan fingerprint density at radius 3 is 2.47 bits per heavy atom. The lowest BCUT2D eigenvalue weighted by Crippen LogP contribution is -2.55. The van der Waals surface area contributed by atoms with Crippen LogP contribution in [0.4, 0.5) is 4.79 Å². The van der Waals surface area contributed by atoms with Gasteiger partial charge in [-0.25, -0.2) is 4.79 Å². The average molecular weight is 486 g/mol. The first-order valence-electron chi connectivity index (χ1n) is 11.8. The largest absolute Gasteiger partial charge is 0.481 e. The fraction of sp³-hybridized carbons (Fsp3) is 0.500. The van der Waals surface area contributed by atoms with Crippen molar-refractivity contribution in [2.24, 2.45) is 5.92 Å². The van der Waals surface area contributed by atoms with E-state index in [1.165, 1.54) is 0 Å². The topological polar surface area (TPSA) is 108 Å². The summed E-state index contributed by atoms with van der Waals surface area (Å²) in [6.45, 7) is 1.81. The van der Waals surface area contributed by atoms with Gasteiger partial charge in [-0.3, -0.25) is 14.3 Å². The number of carbonyl (C=O) groups excluding carboxylic acids is 2. The van der Waals surface area contributed by atoms with Gasteiger partial charge < -0.3 is 20.2 Å². The second-order valence-corrected chi connectivity index (χ2v) is 9.84. The Morgan fingerprint density at radius 1 is 1.09 bits per heavy atom. The number of hydrogen-bond acceptors (Lipinski definition) is 4. The highest BCUT2D eigenvalue weighted by atomic mass is 35.5. The van der Waals surface area contributed by atoms with Crippen molar-refractivity contribution >= 4 is 29.5 Å². The van der Waals surface area contributed by atoms with Crippen LogP contribution in [-0.2, 0) is 24.4 Å². The summed E-state index contributed by atoms with van der Waals surface area (Å²) in [7, 11) is 0. The molecular weight excluding hydrogens is 458 g/mol. The molecule has 2 atom stereocenters. The van der Waals surface area contributed by atoms with Gasteiger partial charge in [-0.05, 0) is 55.9 Å². The standard InChI is InChI=1S/C24H28ClN5O4/c25-17-6-4-15(5-7-17)13-26-24(34)28-8-9-29-20(14-28)12-21(27-29)22(31)30-18-2-1-3-19(30)11-16(10-18)23(32)33/h4-7,12,16,18-19H,1-3,8-11,13-14H2,(H,26,34)(H,32,33). The molecule has 0 saturated carbocycles. The predicted molar refractivity (Wildman–Crippen MR) is 124 cm³/mol. The van der Waals surface area contributed by atoms with Gasteiger partial charge in [0.05, 0.1) is 24.7 Å². The number of aliphatic carboxylic acids is 1. The van der Waals surface area contributed by atoms with Crippen molar-refractivity contribution in [2.75, 3.05) is 6.54 Å². The number of nitrogens with zero attached hydrogens (tertiary/aromatic N) is 4. The van der Waals surface area contributed by atoms with Crippen molar-refractivity contribution in [3.05, 3.63) is 52.3 Å². The molecule has 34 heavy (non-hydrogen) atoms. The molecular formula is C24H28ClN5O4. The minimum Gasteiger partial charge on any atom is -0.481 e. The van der Waals surface area contributed by atoms with E-state index in [1.807, 2.05) is 17.0 Å². The van der Waals surface area contributed by atoms with Gasteiger partial charge in [0.1, 0.15) is 0 Å². The highest BCUT2D eigenvalue weighted by Crippen LogP contribution is 2.38. The quantitative estimate of drug-likeness (QED) is 0.691. The first-order chi connectivity index (χ1) is 16.4. The SMILES string of the molecule is O=C(O)C1CC2CCCC(C1)N2C(=O)c1cc2n(n1)CCN(C(=O)NCc1ccc(Cl)cc1)C2. The second-order valence-electron chi connectivity index (χ2n) is 9.41. The van der Waals surface area contributed by atoms with Gasteiger partial charge in [-0.15, -0.1) is 0 Å². The molecule has 4 heterocycles. The van der Waals surface area contributed by atoms with Gasteiger partial charge in [0.25, 0.3) is 5.91 Å². The molecule has 2 unspecified atom stereocenters. The van der Waals surface area contributed by atoms with E-state index < -0.39 is 5.97 Å². The zero-order valence-electron chi connectivity index (χ0n) is 18.8. The molecule has 2 bridgehead atoms. The van der Waals surface area contributed by atoms with Crippen LogP contribution < -0.4 is 5.32 Å². The van der Waals surface area contributed by atoms with Crippen molar-refractivity contribution in [3.63, 3.8) is 0 Å². The van der Waals surface area contributed by atoms with Gasteiger partial charge in [0.15, 0.2) is 5.69 Å². The molecule has 2 fully saturated rings. The van der Waals surface area contributed by atoms with E-state index in [9.17, 15) is 19.5 Å². The molecule has 2 saturated heterocycles. The number of urea groups is 1. The van der Waals surface area contributed by atoms with Gasteiger partial charge >= 0.3 is 12.0 Å². The fourth-order valence-corrected chi connectivity index (χ4v) is 5.61. The number of aromatic nitrogens is 2. The number of rotatable bonds is 4. The van der Waals surface area contributed by atoms with Crippen LogP contribution in [0, 0.1) is 5.92 Å². The zero-order valence-corrected chi connectivity index (χ0v) is 19.6. The van der Waals surface area contributed by atoms with E-state index in [4.69, 9.17) is 11.6 Å². The maximum atomic E-state index is 13.4. The molecule has 0 radical (unpaired) electrons. The van der Waals surface area contributed by atoms with Crippen LogP contribution in [0.3, 0.4) is 0 Å². The molecule has 180 valence electrons. The van der Waals surface area contributed by atoms with Crippen molar-refractivity contribution in [1.29, 1.82) is 0 Å². The van der Waals surface area contributed by atoms with E-state index in [1.54, 1.807) is 27.8 Å². The number of hydrogen-bond donors (Lipinski definition) is 2. The summed E-state index contributed by atoms with van der Waals surface area (Å²) >= 11 is 5.91.